The zero-order chi connectivity index (χ0) is 9.26. The molecule has 1 N–H and O–H groups in total. The number of rotatable bonds is 2. The molecule has 74 valence electrons. The molecule has 0 radical (unpaired) electrons. The van der Waals surface area contributed by atoms with E-state index in [0.29, 0.717) is 18.4 Å². The first-order chi connectivity index (χ1) is 6.31. The quantitative estimate of drug-likeness (QED) is 0.643. The Bertz CT molecular complexity index is 205. The van der Waals surface area contributed by atoms with Crippen molar-refractivity contribution in [3.63, 3.8) is 0 Å². The number of ether oxygens (including phenoxy) is 1. The third-order valence-electron chi connectivity index (χ3n) is 3.22. The van der Waals surface area contributed by atoms with E-state index in [2.05, 4.69) is 5.32 Å². The highest BCUT2D eigenvalue weighted by Crippen LogP contribution is 2.38. The largest absolute Gasteiger partial charge is 0.466 e. The summed E-state index contributed by atoms with van der Waals surface area (Å²) < 4.78 is 5.07. The molecule has 0 aromatic rings. The van der Waals surface area contributed by atoms with Gasteiger partial charge in [-0.15, -0.1) is 0 Å². The monoisotopic (exact) mass is 183 g/mol. The van der Waals surface area contributed by atoms with Crippen molar-refractivity contribution in [1.29, 1.82) is 0 Å². The molecule has 0 aromatic carbocycles. The van der Waals surface area contributed by atoms with E-state index in [1.165, 1.54) is 6.42 Å². The highest BCUT2D eigenvalue weighted by molar-refractivity contribution is 5.73. The fraction of sp³-hybridized carbons (Fsp3) is 0.900. The second-order valence-corrected chi connectivity index (χ2v) is 4.11. The van der Waals surface area contributed by atoms with Crippen molar-refractivity contribution in [2.45, 2.75) is 19.8 Å². The van der Waals surface area contributed by atoms with E-state index >= 15 is 0 Å². The highest BCUT2D eigenvalue weighted by Gasteiger charge is 2.41. The second-order valence-electron chi connectivity index (χ2n) is 4.11. The Kier molecular flexibility index (Phi) is 2.54. The number of esters is 1. The fourth-order valence-electron chi connectivity index (χ4n) is 2.64. The van der Waals surface area contributed by atoms with Gasteiger partial charge in [-0.1, -0.05) is 0 Å². The molecule has 3 heteroatoms. The lowest BCUT2D eigenvalue weighted by Crippen LogP contribution is -2.33. The van der Waals surface area contributed by atoms with Crippen molar-refractivity contribution < 1.29 is 9.53 Å². The predicted molar refractivity (Wildman–Crippen MR) is 49.2 cm³/mol. The molecule has 1 saturated heterocycles. The normalized spacial score (nSPS) is 37.5. The van der Waals surface area contributed by atoms with Crippen molar-refractivity contribution in [2.24, 2.45) is 17.8 Å². The smallest absolute Gasteiger partial charge is 0.309 e. The van der Waals surface area contributed by atoms with Gasteiger partial charge in [0.1, 0.15) is 0 Å². The molecular weight excluding hydrogens is 166 g/mol. The van der Waals surface area contributed by atoms with Crippen LogP contribution >= 0.6 is 0 Å². The van der Waals surface area contributed by atoms with Gasteiger partial charge in [-0.05, 0) is 44.7 Å². The van der Waals surface area contributed by atoms with Crippen LogP contribution in [-0.4, -0.2) is 25.7 Å². The van der Waals surface area contributed by atoms with Crippen LogP contribution in [0.4, 0.5) is 0 Å². The number of piperidine rings is 1. The summed E-state index contributed by atoms with van der Waals surface area (Å²) in [5.41, 5.74) is 0. The molecule has 0 amide bonds. The Morgan fingerprint density at radius 3 is 3.00 bits per heavy atom. The topological polar surface area (TPSA) is 38.3 Å². The summed E-state index contributed by atoms with van der Waals surface area (Å²) in [4.78, 5) is 11.5. The van der Waals surface area contributed by atoms with Crippen molar-refractivity contribution in [1.82, 2.24) is 5.32 Å². The van der Waals surface area contributed by atoms with Gasteiger partial charge >= 0.3 is 5.97 Å². The van der Waals surface area contributed by atoms with Gasteiger partial charge in [-0.3, -0.25) is 4.79 Å². The van der Waals surface area contributed by atoms with Gasteiger partial charge in [0, 0.05) is 0 Å². The van der Waals surface area contributed by atoms with E-state index in [-0.39, 0.29) is 11.9 Å². The lowest BCUT2D eigenvalue weighted by Gasteiger charge is -2.21. The Morgan fingerprint density at radius 2 is 2.31 bits per heavy atom. The zero-order valence-electron chi connectivity index (χ0n) is 8.08. The molecule has 1 saturated carbocycles. The molecular formula is C10H17NO2. The highest BCUT2D eigenvalue weighted by atomic mass is 16.5. The first-order valence-electron chi connectivity index (χ1n) is 5.18. The van der Waals surface area contributed by atoms with Gasteiger partial charge in [0.05, 0.1) is 12.5 Å². The Hall–Kier alpha value is -0.570. The van der Waals surface area contributed by atoms with E-state index in [9.17, 15) is 4.79 Å². The van der Waals surface area contributed by atoms with Gasteiger partial charge < -0.3 is 10.1 Å². The van der Waals surface area contributed by atoms with Crippen LogP contribution in [0.3, 0.4) is 0 Å². The molecule has 0 spiro atoms. The number of carbonyl (C=O) groups excluding carboxylic acids is 1. The molecule has 0 aromatic heterocycles. The van der Waals surface area contributed by atoms with Crippen LogP contribution in [0.1, 0.15) is 19.8 Å². The fourth-order valence-corrected chi connectivity index (χ4v) is 2.64. The summed E-state index contributed by atoms with van der Waals surface area (Å²) in [6.07, 6.45) is 2.26. The van der Waals surface area contributed by atoms with E-state index in [1.54, 1.807) is 0 Å². The Balaban J connectivity index is 1.96. The number of hydrogen-bond acceptors (Lipinski definition) is 3. The average molecular weight is 183 g/mol. The first kappa shape index (κ1) is 9.00. The molecule has 3 atom stereocenters. The van der Waals surface area contributed by atoms with Gasteiger partial charge in [-0.25, -0.2) is 0 Å². The maximum atomic E-state index is 11.5. The Labute approximate surface area is 78.8 Å². The number of nitrogens with one attached hydrogen (secondary N) is 1. The molecule has 2 fully saturated rings. The minimum Gasteiger partial charge on any atom is -0.466 e. The third kappa shape index (κ3) is 1.70. The van der Waals surface area contributed by atoms with Crippen LogP contribution < -0.4 is 5.32 Å². The van der Waals surface area contributed by atoms with Gasteiger partial charge in [0.2, 0.25) is 0 Å². The van der Waals surface area contributed by atoms with E-state index in [1.807, 2.05) is 6.92 Å². The first-order valence-corrected chi connectivity index (χ1v) is 5.18. The van der Waals surface area contributed by atoms with E-state index < -0.39 is 0 Å². The summed E-state index contributed by atoms with van der Waals surface area (Å²) in [5, 5.41) is 3.37. The predicted octanol–water partition coefficient (Wildman–Crippen LogP) is 0.795. The second kappa shape index (κ2) is 3.66. The minimum absolute atomic E-state index is 0.0266. The molecule has 2 rings (SSSR count). The molecule has 1 aliphatic heterocycles. The maximum Gasteiger partial charge on any atom is 0.309 e. The summed E-state index contributed by atoms with van der Waals surface area (Å²) >= 11 is 0. The Morgan fingerprint density at radius 1 is 1.46 bits per heavy atom. The van der Waals surface area contributed by atoms with Crippen molar-refractivity contribution in [3.05, 3.63) is 0 Å². The van der Waals surface area contributed by atoms with Crippen LogP contribution in [0.15, 0.2) is 0 Å². The maximum absolute atomic E-state index is 11.5. The van der Waals surface area contributed by atoms with Crippen LogP contribution in [0.2, 0.25) is 0 Å². The summed E-state index contributed by atoms with van der Waals surface area (Å²) in [6, 6.07) is 0. The molecule has 2 aliphatic rings. The van der Waals surface area contributed by atoms with Gasteiger partial charge in [0.15, 0.2) is 0 Å². The van der Waals surface area contributed by atoms with Crippen LogP contribution in [0.25, 0.3) is 0 Å². The van der Waals surface area contributed by atoms with Crippen LogP contribution in [-0.2, 0) is 9.53 Å². The summed E-state index contributed by atoms with van der Waals surface area (Å²) in [5.74, 6) is 1.46. The number of hydrogen-bond donors (Lipinski definition) is 1. The van der Waals surface area contributed by atoms with Crippen LogP contribution in [0, 0.1) is 17.8 Å². The van der Waals surface area contributed by atoms with Crippen molar-refractivity contribution >= 4 is 5.97 Å². The molecule has 1 aliphatic carbocycles. The standard InChI is InChI=1S/C10H17NO2/c1-2-13-10(12)9-4-7-3-8(9)6-11-5-7/h7-9,11H,2-6H2,1H3. The molecule has 3 nitrogen and oxygen atoms in total. The molecule has 13 heavy (non-hydrogen) atoms. The SMILES string of the molecule is CCOC(=O)C1CC2CNCC1C2. The van der Waals surface area contributed by atoms with Crippen molar-refractivity contribution in [2.75, 3.05) is 19.7 Å². The van der Waals surface area contributed by atoms with Crippen LogP contribution in [0.5, 0.6) is 0 Å². The molecule has 3 unspecified atom stereocenters. The minimum atomic E-state index is 0.0266. The summed E-state index contributed by atoms with van der Waals surface area (Å²) in [6.45, 7) is 4.48. The van der Waals surface area contributed by atoms with E-state index in [4.69, 9.17) is 4.74 Å². The number of carbonyl (C=O) groups is 1. The average Bonchev–Trinajstić information content (AvgIpc) is 2.42. The zero-order valence-corrected chi connectivity index (χ0v) is 8.08. The molecule has 2 bridgehead atoms. The van der Waals surface area contributed by atoms with Crippen molar-refractivity contribution in [3.8, 4) is 0 Å². The lowest BCUT2D eigenvalue weighted by molar-refractivity contribution is -0.149. The lowest BCUT2D eigenvalue weighted by atomic mass is 9.95. The van der Waals surface area contributed by atoms with E-state index in [0.717, 1.165) is 19.5 Å². The van der Waals surface area contributed by atoms with Gasteiger partial charge in [-0.2, -0.15) is 0 Å². The summed E-state index contributed by atoms with van der Waals surface area (Å²) in [7, 11) is 0. The number of fused-ring (bicyclic) bond motifs is 2. The third-order valence-corrected chi connectivity index (χ3v) is 3.22. The van der Waals surface area contributed by atoms with Gasteiger partial charge in [0.25, 0.3) is 0 Å². The molecule has 1 heterocycles.